The maximum Gasteiger partial charge on any atom is 0.270 e. The monoisotopic (exact) mass is 489 g/mol. The van der Waals surface area contributed by atoms with Crippen LogP contribution in [0.4, 0.5) is 11.5 Å². The first-order valence-corrected chi connectivity index (χ1v) is 10.8. The molecule has 170 valence electrons. The van der Waals surface area contributed by atoms with Crippen molar-refractivity contribution in [3.63, 3.8) is 0 Å². The third-order valence-electron chi connectivity index (χ3n) is 4.22. The Morgan fingerprint density at radius 1 is 1.15 bits per heavy atom. The van der Waals surface area contributed by atoms with Crippen molar-refractivity contribution in [3.05, 3.63) is 76.0 Å². The highest BCUT2D eigenvalue weighted by Gasteiger charge is 2.20. The molecule has 0 saturated carbocycles. The van der Waals surface area contributed by atoms with Gasteiger partial charge in [-0.3, -0.25) is 25.0 Å². The molecule has 2 aromatic carbocycles. The molecule has 0 aliphatic rings. The molecule has 0 atom stereocenters. The summed E-state index contributed by atoms with van der Waals surface area (Å²) < 4.78 is 24.1. The Bertz CT molecular complexity index is 1380. The first kappa shape index (κ1) is 23.5. The minimum atomic E-state index is -3.92. The van der Waals surface area contributed by atoms with Gasteiger partial charge in [-0.25, -0.2) is 18.2 Å². The summed E-state index contributed by atoms with van der Waals surface area (Å²) in [6.07, 6.45) is 1.16. The molecule has 0 saturated heterocycles. The Morgan fingerprint density at radius 2 is 1.82 bits per heavy atom. The van der Waals surface area contributed by atoms with E-state index in [1.807, 2.05) is 0 Å². The molecule has 3 rings (SSSR count). The number of non-ortho nitro benzene ring substituents is 1. The number of hydrogen-bond acceptors (Lipinski definition) is 8. The fraction of sp³-hybridized carbons (Fsp3) is 0. The van der Waals surface area contributed by atoms with Crippen molar-refractivity contribution in [2.75, 3.05) is 5.32 Å². The summed E-state index contributed by atoms with van der Waals surface area (Å²) >= 11 is 5.12. The highest BCUT2D eigenvalue weighted by molar-refractivity contribution is 7.89. The van der Waals surface area contributed by atoms with Crippen LogP contribution in [0.1, 0.15) is 20.7 Å². The van der Waals surface area contributed by atoms with Gasteiger partial charge >= 0.3 is 0 Å². The smallest absolute Gasteiger partial charge is 0.270 e. The van der Waals surface area contributed by atoms with Gasteiger partial charge in [-0.1, -0.05) is 6.07 Å². The van der Waals surface area contributed by atoms with E-state index in [2.05, 4.69) is 15.7 Å². The topological polar surface area (TPSA) is 205 Å². The van der Waals surface area contributed by atoms with E-state index in [4.69, 9.17) is 23.1 Å². The number of rotatable bonds is 6. The molecule has 1 aromatic heterocycles. The molecule has 2 amide bonds. The van der Waals surface area contributed by atoms with Gasteiger partial charge in [0.2, 0.25) is 10.0 Å². The summed E-state index contributed by atoms with van der Waals surface area (Å²) in [4.78, 5) is 34.4. The van der Waals surface area contributed by atoms with Crippen LogP contribution < -0.4 is 21.5 Å². The summed E-state index contributed by atoms with van der Waals surface area (Å²) in [7, 11) is -3.92. The van der Waals surface area contributed by atoms with Gasteiger partial charge in [-0.2, -0.15) is 5.10 Å². The zero-order chi connectivity index (χ0) is 24.3. The number of benzene rings is 2. The van der Waals surface area contributed by atoms with Gasteiger partial charge in [0.1, 0.15) is 11.4 Å². The molecule has 0 radical (unpaired) electrons. The number of sulfonamides is 1. The van der Waals surface area contributed by atoms with Crippen LogP contribution in [0.15, 0.2) is 59.6 Å². The van der Waals surface area contributed by atoms with Crippen molar-refractivity contribution >= 4 is 50.7 Å². The number of carbonyl (C=O) groups is 2. The minimum Gasteiger partial charge on any atom is -0.365 e. The van der Waals surface area contributed by atoms with Crippen molar-refractivity contribution in [3.8, 4) is 5.69 Å². The van der Waals surface area contributed by atoms with E-state index in [0.29, 0.717) is 5.69 Å². The lowest BCUT2D eigenvalue weighted by atomic mass is 10.2. The average Bonchev–Trinajstić information content (AvgIpc) is 3.16. The number of hydrogen-bond donors (Lipinski definition) is 4. The molecule has 0 aliphatic carbocycles. The average molecular weight is 489 g/mol. The summed E-state index contributed by atoms with van der Waals surface area (Å²) in [6, 6.07) is 10.2. The van der Waals surface area contributed by atoms with Crippen molar-refractivity contribution in [1.29, 1.82) is 0 Å². The van der Waals surface area contributed by atoms with E-state index < -0.39 is 26.8 Å². The first-order valence-electron chi connectivity index (χ1n) is 8.85. The van der Waals surface area contributed by atoms with Gasteiger partial charge in [-0.15, -0.1) is 0 Å². The maximum atomic E-state index is 12.4. The second-order valence-electron chi connectivity index (χ2n) is 6.44. The summed E-state index contributed by atoms with van der Waals surface area (Å²) in [5.74, 6) is -1.59. The lowest BCUT2D eigenvalue weighted by Gasteiger charge is -2.13. The largest absolute Gasteiger partial charge is 0.365 e. The third kappa shape index (κ3) is 5.35. The van der Waals surface area contributed by atoms with E-state index in [-0.39, 0.29) is 32.6 Å². The lowest BCUT2D eigenvalue weighted by molar-refractivity contribution is -0.384. The number of nitro benzene ring substituents is 1. The number of anilines is 1. The number of amides is 2. The number of primary sulfonamides is 1. The highest BCUT2D eigenvalue weighted by atomic mass is 32.2. The Hall–Kier alpha value is -4.21. The third-order valence-corrected chi connectivity index (χ3v) is 5.36. The molecule has 0 unspecified atom stereocenters. The predicted octanol–water partition coefficient (Wildman–Crippen LogP) is 0.654. The van der Waals surface area contributed by atoms with Crippen molar-refractivity contribution in [2.24, 2.45) is 10.9 Å². The van der Waals surface area contributed by atoms with Gasteiger partial charge in [0.25, 0.3) is 17.5 Å². The van der Waals surface area contributed by atoms with Crippen LogP contribution in [0.5, 0.6) is 0 Å². The van der Waals surface area contributed by atoms with Gasteiger partial charge in [0, 0.05) is 17.7 Å². The highest BCUT2D eigenvalue weighted by Crippen LogP contribution is 2.21. The molecular formula is C18H15N7O6S2. The number of nitrogens with one attached hydrogen (secondary N) is 2. The Balaban J connectivity index is 1.87. The molecule has 3 aromatic rings. The number of nitro groups is 1. The minimum absolute atomic E-state index is 0.00445. The molecule has 33 heavy (non-hydrogen) atoms. The molecule has 15 heteroatoms. The zero-order valence-corrected chi connectivity index (χ0v) is 18.1. The Kier molecular flexibility index (Phi) is 6.47. The molecule has 0 bridgehead atoms. The van der Waals surface area contributed by atoms with E-state index >= 15 is 0 Å². The number of nitrogens with two attached hydrogens (primary N) is 2. The summed E-state index contributed by atoms with van der Waals surface area (Å²) in [5.41, 5.74) is 5.33. The molecule has 13 nitrogen and oxygen atoms in total. The first-order chi connectivity index (χ1) is 15.5. The summed E-state index contributed by atoms with van der Waals surface area (Å²) in [5, 5.41) is 24.8. The number of thiocarbonyl (C=S) groups is 1. The zero-order valence-electron chi connectivity index (χ0n) is 16.5. The van der Waals surface area contributed by atoms with Crippen molar-refractivity contribution in [2.45, 2.75) is 4.90 Å². The van der Waals surface area contributed by atoms with Gasteiger partial charge < -0.3 is 11.1 Å². The van der Waals surface area contributed by atoms with Crippen LogP contribution in [0, 0.1) is 10.1 Å². The quantitative estimate of drug-likeness (QED) is 0.217. The number of aromatic nitrogens is 2. The standard InChI is InChI=1S/C18H15N7O6S2/c19-15(26)14-9-21-24(11-4-6-13(7-5-11)33(20,30)31)16(14)22-18(32)23-17(27)10-2-1-3-12(8-10)25(28)29/h1-9H,(H2,19,26)(H2,20,30,31)(H2,22,23,27,32). The number of nitrogens with zero attached hydrogens (tertiary/aromatic N) is 3. The van der Waals surface area contributed by atoms with E-state index in [9.17, 15) is 28.1 Å². The Labute approximate surface area is 191 Å². The normalized spacial score (nSPS) is 10.9. The molecule has 1 heterocycles. The second kappa shape index (κ2) is 9.11. The van der Waals surface area contributed by atoms with Crippen LogP contribution in [0.25, 0.3) is 5.69 Å². The number of primary amides is 1. The molecule has 0 spiro atoms. The van der Waals surface area contributed by atoms with Crippen LogP contribution in [0.3, 0.4) is 0 Å². The van der Waals surface area contributed by atoms with Gasteiger partial charge in [0.05, 0.1) is 21.7 Å². The van der Waals surface area contributed by atoms with Crippen molar-refractivity contribution < 1.29 is 22.9 Å². The van der Waals surface area contributed by atoms with Crippen LogP contribution in [-0.2, 0) is 10.0 Å². The maximum absolute atomic E-state index is 12.4. The van der Waals surface area contributed by atoms with Crippen LogP contribution >= 0.6 is 12.2 Å². The van der Waals surface area contributed by atoms with Gasteiger partial charge in [-0.05, 0) is 42.5 Å². The van der Waals surface area contributed by atoms with E-state index in [1.165, 1.54) is 47.1 Å². The molecule has 6 N–H and O–H groups in total. The van der Waals surface area contributed by atoms with Crippen LogP contribution in [0.2, 0.25) is 0 Å². The SMILES string of the molecule is NC(=O)c1cnn(-c2ccc(S(N)(=O)=O)cc2)c1NC(=S)NC(=O)c1cccc([N+](=O)[O-])c1. The molecule has 0 fully saturated rings. The molecular weight excluding hydrogens is 474 g/mol. The Morgan fingerprint density at radius 3 is 2.39 bits per heavy atom. The fourth-order valence-corrected chi connectivity index (χ4v) is 3.40. The fourth-order valence-electron chi connectivity index (χ4n) is 2.70. The number of carbonyl (C=O) groups excluding carboxylic acids is 2. The predicted molar refractivity (Wildman–Crippen MR) is 120 cm³/mol. The van der Waals surface area contributed by atoms with Gasteiger partial charge in [0.15, 0.2) is 5.11 Å². The second-order valence-corrected chi connectivity index (χ2v) is 8.41. The van der Waals surface area contributed by atoms with Crippen molar-refractivity contribution in [1.82, 2.24) is 15.1 Å². The summed E-state index contributed by atoms with van der Waals surface area (Å²) in [6.45, 7) is 0. The van der Waals surface area contributed by atoms with E-state index in [0.717, 1.165) is 12.3 Å². The van der Waals surface area contributed by atoms with Crippen LogP contribution in [-0.4, -0.2) is 40.0 Å². The van der Waals surface area contributed by atoms with E-state index in [1.54, 1.807) is 0 Å². The molecule has 0 aliphatic heterocycles. The lowest BCUT2D eigenvalue weighted by Crippen LogP contribution is -2.35.